The number of carbonyl (C=O) groups is 2. The highest BCUT2D eigenvalue weighted by Crippen LogP contribution is 1.82. The highest BCUT2D eigenvalue weighted by atomic mass is 16.3. The Balaban J connectivity index is 0.000000226. The van der Waals surface area contributed by atoms with Crippen LogP contribution in [0.15, 0.2) is 12.2 Å². The summed E-state index contributed by atoms with van der Waals surface area (Å²) in [4.78, 5) is 20.1. The van der Waals surface area contributed by atoms with Gasteiger partial charge in [0, 0.05) is 12.2 Å². The summed E-state index contributed by atoms with van der Waals surface area (Å²) in [6.07, 6.45) is 1.44. The van der Waals surface area contributed by atoms with Gasteiger partial charge >= 0.3 is 0 Å². The fourth-order valence-corrected chi connectivity index (χ4v) is 0.414. The Bertz CT molecular complexity index is 193. The molecule has 0 aliphatic carbocycles. The molecule has 0 spiro atoms. The molecule has 0 saturated carbocycles. The van der Waals surface area contributed by atoms with Crippen LogP contribution < -0.4 is 5.32 Å². The molecular formula is C7H11NO5. The molecule has 0 unspecified atom stereocenters. The van der Waals surface area contributed by atoms with Crippen molar-refractivity contribution in [1.29, 1.82) is 0 Å². The van der Waals surface area contributed by atoms with Crippen molar-refractivity contribution in [3.05, 3.63) is 12.2 Å². The predicted octanol–water partition coefficient (Wildman–Crippen LogP) is -2.47. The van der Waals surface area contributed by atoms with Gasteiger partial charge in [-0.15, -0.1) is 0 Å². The molecule has 0 radical (unpaired) electrons. The lowest BCUT2D eigenvalue weighted by Crippen LogP contribution is -2.19. The molecule has 0 fully saturated rings. The van der Waals surface area contributed by atoms with E-state index < -0.39 is 6.10 Å². The van der Waals surface area contributed by atoms with Crippen LogP contribution in [0.4, 0.5) is 0 Å². The number of aliphatic hydroxyl groups is 3. The SMILES string of the molecule is O=C1C=CC(=O)N1.OCC(O)CO. The first-order valence-corrected chi connectivity index (χ1v) is 3.53. The van der Waals surface area contributed by atoms with Crippen molar-refractivity contribution >= 4 is 11.8 Å². The molecule has 74 valence electrons. The van der Waals surface area contributed by atoms with E-state index in [0.29, 0.717) is 0 Å². The fraction of sp³-hybridized carbons (Fsp3) is 0.429. The molecule has 0 aromatic carbocycles. The van der Waals surface area contributed by atoms with E-state index in [1.54, 1.807) is 0 Å². The number of amides is 2. The van der Waals surface area contributed by atoms with Gasteiger partial charge < -0.3 is 15.3 Å². The van der Waals surface area contributed by atoms with Crippen molar-refractivity contribution in [3.63, 3.8) is 0 Å². The Morgan fingerprint density at radius 3 is 1.62 bits per heavy atom. The van der Waals surface area contributed by atoms with Crippen molar-refractivity contribution in [3.8, 4) is 0 Å². The third kappa shape index (κ3) is 5.97. The summed E-state index contributed by atoms with van der Waals surface area (Å²) in [5.74, 6) is -0.657. The molecule has 1 heterocycles. The third-order valence-corrected chi connectivity index (χ3v) is 1.05. The van der Waals surface area contributed by atoms with Gasteiger partial charge in [-0.1, -0.05) is 0 Å². The van der Waals surface area contributed by atoms with Crippen LogP contribution in [0.3, 0.4) is 0 Å². The lowest BCUT2D eigenvalue weighted by Gasteiger charge is -1.96. The Morgan fingerprint density at radius 2 is 1.54 bits per heavy atom. The van der Waals surface area contributed by atoms with Crippen LogP contribution in [0.5, 0.6) is 0 Å². The summed E-state index contributed by atoms with van der Waals surface area (Å²) in [7, 11) is 0. The van der Waals surface area contributed by atoms with Gasteiger partial charge in [-0.05, 0) is 0 Å². The van der Waals surface area contributed by atoms with E-state index in [1.807, 2.05) is 5.32 Å². The maximum absolute atomic E-state index is 10.0. The Morgan fingerprint density at radius 1 is 1.15 bits per heavy atom. The quantitative estimate of drug-likeness (QED) is 0.360. The van der Waals surface area contributed by atoms with Crippen LogP contribution in [-0.4, -0.2) is 46.5 Å². The average molecular weight is 189 g/mol. The normalized spacial score (nSPS) is 14.2. The van der Waals surface area contributed by atoms with Gasteiger partial charge in [-0.2, -0.15) is 0 Å². The van der Waals surface area contributed by atoms with Crippen LogP contribution >= 0.6 is 0 Å². The van der Waals surface area contributed by atoms with Gasteiger partial charge in [0.25, 0.3) is 11.8 Å². The number of imide groups is 1. The van der Waals surface area contributed by atoms with Gasteiger partial charge in [0.15, 0.2) is 0 Å². The fourth-order valence-electron chi connectivity index (χ4n) is 0.414. The van der Waals surface area contributed by atoms with Crippen LogP contribution in [0.2, 0.25) is 0 Å². The molecule has 0 bridgehead atoms. The molecule has 2 amide bonds. The van der Waals surface area contributed by atoms with Gasteiger partial charge in [0.2, 0.25) is 0 Å². The van der Waals surface area contributed by atoms with E-state index >= 15 is 0 Å². The summed E-state index contributed by atoms with van der Waals surface area (Å²) in [5, 5.41) is 26.0. The lowest BCUT2D eigenvalue weighted by atomic mass is 10.4. The van der Waals surface area contributed by atoms with Crippen molar-refractivity contribution in [1.82, 2.24) is 5.32 Å². The van der Waals surface area contributed by atoms with E-state index in [4.69, 9.17) is 15.3 Å². The molecule has 4 N–H and O–H groups in total. The molecule has 0 saturated heterocycles. The zero-order chi connectivity index (χ0) is 10.3. The second-order valence-electron chi connectivity index (χ2n) is 2.21. The first-order valence-electron chi connectivity index (χ1n) is 3.53. The standard InChI is InChI=1S/C4H3NO2.C3H8O3/c6-3-1-2-4(7)5-3;4-1-3(6)2-5/h1-2H,(H,5,6,7);3-6H,1-2H2. The van der Waals surface area contributed by atoms with E-state index in [2.05, 4.69) is 0 Å². The van der Waals surface area contributed by atoms with E-state index in [9.17, 15) is 9.59 Å². The first-order chi connectivity index (χ1) is 6.10. The zero-order valence-electron chi connectivity index (χ0n) is 6.80. The summed E-state index contributed by atoms with van der Waals surface area (Å²) < 4.78 is 0. The molecule has 6 nitrogen and oxygen atoms in total. The van der Waals surface area contributed by atoms with Crippen LogP contribution in [0.25, 0.3) is 0 Å². The van der Waals surface area contributed by atoms with Crippen molar-refractivity contribution in [2.75, 3.05) is 13.2 Å². The molecule has 6 heteroatoms. The van der Waals surface area contributed by atoms with E-state index in [-0.39, 0.29) is 25.0 Å². The minimum Gasteiger partial charge on any atom is -0.394 e. The van der Waals surface area contributed by atoms with Crippen LogP contribution in [0.1, 0.15) is 0 Å². The highest BCUT2D eigenvalue weighted by Gasteiger charge is 2.06. The summed E-state index contributed by atoms with van der Waals surface area (Å²) in [5.41, 5.74) is 0. The van der Waals surface area contributed by atoms with Crippen LogP contribution in [0, 0.1) is 0 Å². The van der Waals surface area contributed by atoms with Crippen molar-refractivity contribution in [2.45, 2.75) is 6.10 Å². The number of hydrogen-bond donors (Lipinski definition) is 4. The Kier molecular flexibility index (Phi) is 5.69. The van der Waals surface area contributed by atoms with Gasteiger partial charge in [0.1, 0.15) is 6.10 Å². The first kappa shape index (κ1) is 11.8. The van der Waals surface area contributed by atoms with Crippen LogP contribution in [-0.2, 0) is 9.59 Å². The molecular weight excluding hydrogens is 178 g/mol. The largest absolute Gasteiger partial charge is 0.394 e. The number of carbonyl (C=O) groups excluding carboxylic acids is 2. The Hall–Kier alpha value is -1.24. The summed E-state index contributed by atoms with van der Waals surface area (Å²) >= 11 is 0. The highest BCUT2D eigenvalue weighted by molar-refractivity contribution is 6.12. The van der Waals surface area contributed by atoms with Gasteiger partial charge in [-0.3, -0.25) is 14.9 Å². The number of rotatable bonds is 2. The average Bonchev–Trinajstić information content (AvgIpc) is 2.49. The predicted molar refractivity (Wildman–Crippen MR) is 42.5 cm³/mol. The Labute approximate surface area is 74.5 Å². The number of nitrogens with one attached hydrogen (secondary N) is 1. The van der Waals surface area contributed by atoms with Gasteiger partial charge in [0.05, 0.1) is 13.2 Å². The zero-order valence-corrected chi connectivity index (χ0v) is 6.80. The number of aliphatic hydroxyl groups excluding tert-OH is 3. The topological polar surface area (TPSA) is 107 Å². The molecule has 0 atom stereocenters. The minimum atomic E-state index is -0.954. The smallest absolute Gasteiger partial charge is 0.250 e. The maximum Gasteiger partial charge on any atom is 0.250 e. The minimum absolute atomic E-state index is 0.329. The van der Waals surface area contributed by atoms with E-state index in [1.165, 1.54) is 12.2 Å². The van der Waals surface area contributed by atoms with Gasteiger partial charge in [-0.25, -0.2) is 0 Å². The molecule has 1 rings (SSSR count). The molecule has 1 aliphatic rings. The maximum atomic E-state index is 10.0. The summed E-state index contributed by atoms with van der Waals surface area (Å²) in [6, 6.07) is 0. The van der Waals surface area contributed by atoms with E-state index in [0.717, 1.165) is 0 Å². The third-order valence-electron chi connectivity index (χ3n) is 1.05. The second-order valence-corrected chi connectivity index (χ2v) is 2.21. The van der Waals surface area contributed by atoms with Crippen molar-refractivity contribution in [2.24, 2.45) is 0 Å². The molecule has 0 aromatic heterocycles. The molecule has 1 aliphatic heterocycles. The van der Waals surface area contributed by atoms with Crippen molar-refractivity contribution < 1.29 is 24.9 Å². The second kappa shape index (κ2) is 6.30. The summed E-state index contributed by atoms with van der Waals surface area (Å²) in [6.45, 7) is -0.729. The molecule has 0 aromatic rings. The number of hydrogen-bond acceptors (Lipinski definition) is 5. The monoisotopic (exact) mass is 189 g/mol. The lowest BCUT2D eigenvalue weighted by molar-refractivity contribution is -0.123. The molecule has 13 heavy (non-hydrogen) atoms.